The van der Waals surface area contributed by atoms with Gasteiger partial charge in [0.05, 0.1) is 5.39 Å². The number of nitrogens with zero attached hydrogens (tertiary/aromatic N) is 2. The van der Waals surface area contributed by atoms with Crippen molar-refractivity contribution in [1.29, 1.82) is 0 Å². The van der Waals surface area contributed by atoms with Crippen LogP contribution in [0.1, 0.15) is 12.5 Å². The van der Waals surface area contributed by atoms with Gasteiger partial charge in [-0.3, -0.25) is 4.79 Å². The maximum Gasteiger partial charge on any atom is 0.282 e. The van der Waals surface area contributed by atoms with Crippen molar-refractivity contribution >= 4 is 32.4 Å². The molecule has 4 nitrogen and oxygen atoms in total. The number of anilines is 2. The third-order valence-electron chi connectivity index (χ3n) is 3.04. The molecule has 0 saturated carbocycles. The van der Waals surface area contributed by atoms with E-state index in [1.165, 1.54) is 16.9 Å². The van der Waals surface area contributed by atoms with Gasteiger partial charge in [-0.25, -0.2) is 4.98 Å². The highest BCUT2D eigenvalue weighted by Crippen LogP contribution is 2.24. The summed E-state index contributed by atoms with van der Waals surface area (Å²) < 4.78 is 0. The minimum atomic E-state index is -0.247. The summed E-state index contributed by atoms with van der Waals surface area (Å²) in [6, 6.07) is 11.5. The van der Waals surface area contributed by atoms with Crippen LogP contribution in [0, 0.1) is 0 Å². The third kappa shape index (κ3) is 2.40. The summed E-state index contributed by atoms with van der Waals surface area (Å²) in [7, 11) is 0. The van der Waals surface area contributed by atoms with Gasteiger partial charge in [0.15, 0.2) is 5.13 Å². The smallest absolute Gasteiger partial charge is 0.282 e. The Morgan fingerprint density at radius 3 is 2.90 bits per heavy atom. The summed E-state index contributed by atoms with van der Waals surface area (Å²) in [6.07, 6.45) is 2.60. The minimum absolute atomic E-state index is 0.247. The van der Waals surface area contributed by atoms with Crippen molar-refractivity contribution in [2.24, 2.45) is 0 Å². The van der Waals surface area contributed by atoms with Gasteiger partial charge in [0.25, 0.3) is 5.56 Å². The molecule has 0 spiro atoms. The van der Waals surface area contributed by atoms with Crippen molar-refractivity contribution in [3.63, 3.8) is 0 Å². The Bertz CT molecular complexity index is 813. The van der Waals surface area contributed by atoms with Crippen LogP contribution in [0.15, 0.2) is 47.4 Å². The van der Waals surface area contributed by atoms with Crippen LogP contribution in [0.25, 0.3) is 10.2 Å². The zero-order chi connectivity index (χ0) is 13.9. The summed E-state index contributed by atoms with van der Waals surface area (Å²) in [5, 5.41) is 4.36. The van der Waals surface area contributed by atoms with Crippen LogP contribution >= 0.6 is 11.3 Å². The Labute approximate surface area is 120 Å². The first-order valence-corrected chi connectivity index (χ1v) is 7.20. The van der Waals surface area contributed by atoms with Crippen LogP contribution < -0.4 is 10.9 Å². The maximum atomic E-state index is 12.0. The van der Waals surface area contributed by atoms with E-state index in [0.717, 1.165) is 12.1 Å². The lowest BCUT2D eigenvalue weighted by Crippen LogP contribution is -2.08. The first-order valence-electron chi connectivity index (χ1n) is 6.38. The summed E-state index contributed by atoms with van der Waals surface area (Å²) in [4.78, 5) is 21.0. The molecule has 100 valence electrons. The van der Waals surface area contributed by atoms with Gasteiger partial charge in [-0.15, -0.1) is 0 Å². The fourth-order valence-corrected chi connectivity index (χ4v) is 2.87. The quantitative estimate of drug-likeness (QED) is 0.801. The number of aryl methyl sites for hydroxylation is 1. The Balaban J connectivity index is 2.05. The standard InChI is InChI=1S/C15H13N3OS/c1-2-10-6-3-4-8-12(10)17-15-18-13(19)11-7-5-9-16-14(11)20-15/h3-9H,2H2,1H3,(H,17,18,19). The predicted molar refractivity (Wildman–Crippen MR) is 82.8 cm³/mol. The number of fused-ring (bicyclic) bond motifs is 1. The van der Waals surface area contributed by atoms with Crippen molar-refractivity contribution in [3.8, 4) is 0 Å². The topological polar surface area (TPSA) is 54.9 Å². The second-order valence-corrected chi connectivity index (χ2v) is 5.29. The SMILES string of the molecule is CCc1ccccc1Nc1nc(=O)c2cccnc2s1. The second-order valence-electron chi connectivity index (χ2n) is 4.32. The minimum Gasteiger partial charge on any atom is -0.331 e. The molecule has 5 heteroatoms. The predicted octanol–water partition coefficient (Wildman–Crippen LogP) is 3.36. The molecule has 0 amide bonds. The molecule has 0 saturated heterocycles. The van der Waals surface area contributed by atoms with Crippen molar-refractivity contribution in [2.45, 2.75) is 13.3 Å². The largest absolute Gasteiger partial charge is 0.331 e. The highest BCUT2D eigenvalue weighted by atomic mass is 32.1. The van der Waals surface area contributed by atoms with Crippen LogP contribution in [0.2, 0.25) is 0 Å². The number of nitrogens with one attached hydrogen (secondary N) is 1. The Hall–Kier alpha value is -2.27. The molecule has 0 aliphatic heterocycles. The van der Waals surface area contributed by atoms with Gasteiger partial charge >= 0.3 is 0 Å². The molecule has 0 aliphatic carbocycles. The fraction of sp³-hybridized carbons (Fsp3) is 0.133. The number of rotatable bonds is 3. The van der Waals surface area contributed by atoms with Crippen LogP contribution in [0.4, 0.5) is 10.8 Å². The van der Waals surface area contributed by atoms with E-state index in [2.05, 4.69) is 28.3 Å². The molecule has 0 radical (unpaired) electrons. The van der Waals surface area contributed by atoms with E-state index in [9.17, 15) is 4.79 Å². The zero-order valence-corrected chi connectivity index (χ0v) is 11.8. The summed E-state index contributed by atoms with van der Waals surface area (Å²) in [6.45, 7) is 2.10. The van der Waals surface area contributed by atoms with Crippen LogP contribution in [-0.2, 0) is 6.42 Å². The molecule has 2 aromatic heterocycles. The van der Waals surface area contributed by atoms with E-state index in [0.29, 0.717) is 15.3 Å². The monoisotopic (exact) mass is 283 g/mol. The molecular formula is C15H13N3OS. The van der Waals surface area contributed by atoms with Gasteiger partial charge in [-0.2, -0.15) is 4.98 Å². The fourth-order valence-electron chi connectivity index (χ4n) is 2.02. The number of para-hydroxylation sites is 1. The molecule has 0 fully saturated rings. The molecule has 20 heavy (non-hydrogen) atoms. The Kier molecular flexibility index (Phi) is 3.43. The molecule has 3 aromatic rings. The number of pyridine rings is 1. The van der Waals surface area contributed by atoms with E-state index in [1.54, 1.807) is 18.3 Å². The molecular weight excluding hydrogens is 270 g/mol. The van der Waals surface area contributed by atoms with Crippen molar-refractivity contribution < 1.29 is 0 Å². The second kappa shape index (κ2) is 5.38. The van der Waals surface area contributed by atoms with Gasteiger partial charge in [-0.1, -0.05) is 36.5 Å². The van der Waals surface area contributed by atoms with E-state index in [1.807, 2.05) is 18.2 Å². The number of benzene rings is 1. The summed E-state index contributed by atoms with van der Waals surface area (Å²) >= 11 is 1.38. The van der Waals surface area contributed by atoms with Gasteiger partial charge in [-0.05, 0) is 30.2 Å². The van der Waals surface area contributed by atoms with E-state index in [4.69, 9.17) is 0 Å². The Morgan fingerprint density at radius 1 is 1.20 bits per heavy atom. The van der Waals surface area contributed by atoms with Crippen LogP contribution in [0.5, 0.6) is 0 Å². The van der Waals surface area contributed by atoms with Crippen molar-refractivity contribution in [1.82, 2.24) is 9.97 Å². The zero-order valence-electron chi connectivity index (χ0n) is 11.0. The van der Waals surface area contributed by atoms with E-state index >= 15 is 0 Å². The molecule has 0 aliphatic rings. The van der Waals surface area contributed by atoms with Gasteiger partial charge in [0.1, 0.15) is 4.83 Å². The summed E-state index contributed by atoms with van der Waals surface area (Å²) in [5.41, 5.74) is 1.92. The highest BCUT2D eigenvalue weighted by molar-refractivity contribution is 7.21. The van der Waals surface area contributed by atoms with Crippen molar-refractivity contribution in [2.75, 3.05) is 5.32 Å². The number of aromatic nitrogens is 2. The van der Waals surface area contributed by atoms with Crippen molar-refractivity contribution in [3.05, 3.63) is 58.5 Å². The maximum absolute atomic E-state index is 12.0. The average Bonchev–Trinajstić information content (AvgIpc) is 2.48. The normalized spacial score (nSPS) is 10.7. The van der Waals surface area contributed by atoms with Gasteiger partial charge in [0.2, 0.25) is 0 Å². The van der Waals surface area contributed by atoms with Gasteiger partial charge < -0.3 is 5.32 Å². The molecule has 1 aromatic carbocycles. The number of hydrogen-bond acceptors (Lipinski definition) is 5. The lowest BCUT2D eigenvalue weighted by molar-refractivity contribution is 1.14. The first kappa shape index (κ1) is 12.7. The highest BCUT2D eigenvalue weighted by Gasteiger charge is 2.06. The molecule has 0 atom stereocenters. The lowest BCUT2D eigenvalue weighted by Gasteiger charge is -2.09. The molecule has 0 bridgehead atoms. The first-order chi connectivity index (χ1) is 9.78. The van der Waals surface area contributed by atoms with Crippen LogP contribution in [0.3, 0.4) is 0 Å². The van der Waals surface area contributed by atoms with E-state index < -0.39 is 0 Å². The lowest BCUT2D eigenvalue weighted by atomic mass is 10.1. The van der Waals surface area contributed by atoms with E-state index in [-0.39, 0.29) is 5.56 Å². The molecule has 2 heterocycles. The molecule has 1 N–H and O–H groups in total. The molecule has 3 rings (SSSR count). The molecule has 0 unspecified atom stereocenters. The number of hydrogen-bond donors (Lipinski definition) is 1. The average molecular weight is 283 g/mol. The van der Waals surface area contributed by atoms with Gasteiger partial charge in [0, 0.05) is 11.9 Å². The van der Waals surface area contributed by atoms with Crippen LogP contribution in [-0.4, -0.2) is 9.97 Å². The Morgan fingerprint density at radius 2 is 2.05 bits per heavy atom. The summed E-state index contributed by atoms with van der Waals surface area (Å²) in [5.74, 6) is 0. The third-order valence-corrected chi connectivity index (χ3v) is 3.94.